The first kappa shape index (κ1) is 20.1. The van der Waals surface area contributed by atoms with Crippen molar-refractivity contribution in [3.63, 3.8) is 0 Å². The van der Waals surface area contributed by atoms with Crippen LogP contribution in [0.15, 0.2) is 29.4 Å². The van der Waals surface area contributed by atoms with E-state index in [0.29, 0.717) is 16.9 Å². The van der Waals surface area contributed by atoms with Crippen LogP contribution in [0.2, 0.25) is 0 Å². The number of aryl methyl sites for hydroxylation is 2. The van der Waals surface area contributed by atoms with Gasteiger partial charge < -0.3 is 15.9 Å². The average molecular weight is 418 g/mol. The average Bonchev–Trinajstić information content (AvgIpc) is 3.21. The molecule has 3 N–H and O–H groups in total. The van der Waals surface area contributed by atoms with E-state index in [9.17, 15) is 14.9 Å². The van der Waals surface area contributed by atoms with Crippen molar-refractivity contribution in [2.24, 2.45) is 0 Å². The number of nitro groups is 1. The van der Waals surface area contributed by atoms with Crippen LogP contribution in [0.25, 0.3) is 5.95 Å². The quantitative estimate of drug-likeness (QED) is 0.251. The number of anilines is 1. The lowest BCUT2D eigenvalue weighted by molar-refractivity contribution is -0.384. The van der Waals surface area contributed by atoms with Crippen LogP contribution in [0.3, 0.4) is 0 Å². The molecule has 3 aromatic rings. The van der Waals surface area contributed by atoms with Crippen molar-refractivity contribution in [2.45, 2.75) is 19.0 Å². The number of carbonyl (C=O) groups is 1. The van der Waals surface area contributed by atoms with E-state index in [1.807, 2.05) is 19.9 Å². The van der Waals surface area contributed by atoms with Crippen LogP contribution in [-0.2, 0) is 4.79 Å². The van der Waals surface area contributed by atoms with Crippen LogP contribution < -0.4 is 15.9 Å². The Hall–Kier alpha value is -3.61. The van der Waals surface area contributed by atoms with E-state index in [0.717, 1.165) is 23.1 Å². The number of amides is 1. The molecule has 0 spiro atoms. The number of hydrogen-bond acceptors (Lipinski definition) is 9. The number of nitro benzene ring substituents is 1. The summed E-state index contributed by atoms with van der Waals surface area (Å²) in [4.78, 5) is 22.9. The van der Waals surface area contributed by atoms with Gasteiger partial charge in [0, 0.05) is 5.69 Å². The second-order valence-electron chi connectivity index (χ2n) is 5.97. The van der Waals surface area contributed by atoms with Crippen molar-refractivity contribution in [1.29, 1.82) is 0 Å². The molecule has 3 rings (SSSR count). The molecule has 0 aliphatic rings. The van der Waals surface area contributed by atoms with Crippen LogP contribution in [0.5, 0.6) is 5.75 Å². The highest BCUT2D eigenvalue weighted by atomic mass is 32.2. The van der Waals surface area contributed by atoms with E-state index in [2.05, 4.69) is 20.6 Å². The van der Waals surface area contributed by atoms with Gasteiger partial charge in [-0.25, -0.2) is 9.36 Å². The Balaban J connectivity index is 1.69. The zero-order valence-corrected chi connectivity index (χ0v) is 16.6. The van der Waals surface area contributed by atoms with E-state index in [-0.39, 0.29) is 17.1 Å². The Kier molecular flexibility index (Phi) is 5.68. The van der Waals surface area contributed by atoms with Gasteiger partial charge in [-0.3, -0.25) is 14.9 Å². The number of methoxy groups -OCH3 is 1. The van der Waals surface area contributed by atoms with E-state index >= 15 is 0 Å². The van der Waals surface area contributed by atoms with Crippen LogP contribution in [-0.4, -0.2) is 48.3 Å². The first-order valence-electron chi connectivity index (χ1n) is 8.29. The number of thioether (sulfide) groups is 1. The Morgan fingerprint density at radius 3 is 2.72 bits per heavy atom. The number of nitrogens with two attached hydrogens (primary N) is 1. The van der Waals surface area contributed by atoms with Crippen LogP contribution in [0, 0.1) is 24.0 Å². The molecule has 0 radical (unpaired) electrons. The second kappa shape index (κ2) is 8.18. The molecule has 12 nitrogen and oxygen atoms in total. The minimum Gasteiger partial charge on any atom is -0.496 e. The maximum Gasteiger partial charge on any atom is 0.296 e. The number of nitrogens with one attached hydrogen (secondary N) is 1. The topological polar surface area (TPSA) is 156 Å². The summed E-state index contributed by atoms with van der Waals surface area (Å²) in [5.41, 5.74) is 1.44. The van der Waals surface area contributed by atoms with Crippen LogP contribution in [0.1, 0.15) is 11.4 Å². The minimum absolute atomic E-state index is 0.0685. The van der Waals surface area contributed by atoms with Crippen molar-refractivity contribution in [2.75, 3.05) is 24.0 Å². The number of carbonyl (C=O) groups excluding carboxylic acids is 1. The fourth-order valence-corrected chi connectivity index (χ4v) is 3.21. The van der Waals surface area contributed by atoms with Crippen molar-refractivity contribution in [3.05, 3.63) is 45.8 Å². The summed E-state index contributed by atoms with van der Waals surface area (Å²) in [5, 5.41) is 26.3. The first-order valence-corrected chi connectivity index (χ1v) is 9.28. The number of nitrogen functional groups attached to an aromatic ring is 1. The third kappa shape index (κ3) is 4.29. The molecule has 29 heavy (non-hydrogen) atoms. The number of rotatable bonds is 7. The molecule has 1 aromatic carbocycles. The summed E-state index contributed by atoms with van der Waals surface area (Å²) in [6.07, 6.45) is 0. The Bertz CT molecular complexity index is 1080. The molecule has 152 valence electrons. The highest BCUT2D eigenvalue weighted by Crippen LogP contribution is 2.29. The standard InChI is InChI=1S/C16H18N8O4S/c1-9-6-10(2)23(21-9)15-19-20-16(22(15)17)29-8-14(25)18-12-5-4-11(28-3)7-13(12)24(26)27/h4-7H,8,17H2,1-3H3,(H,18,25). The maximum absolute atomic E-state index is 12.3. The largest absolute Gasteiger partial charge is 0.496 e. The predicted octanol–water partition coefficient (Wildman–Crippen LogP) is 1.44. The Labute approximate surface area is 169 Å². The molecule has 0 aliphatic heterocycles. The molecular weight excluding hydrogens is 400 g/mol. The van der Waals surface area contributed by atoms with Crippen LogP contribution >= 0.6 is 11.8 Å². The van der Waals surface area contributed by atoms with E-state index in [4.69, 9.17) is 10.6 Å². The highest BCUT2D eigenvalue weighted by Gasteiger charge is 2.19. The third-order valence-corrected chi connectivity index (χ3v) is 4.80. The smallest absolute Gasteiger partial charge is 0.296 e. The Morgan fingerprint density at radius 2 is 2.10 bits per heavy atom. The van der Waals surface area contributed by atoms with Gasteiger partial charge in [0.25, 0.3) is 11.6 Å². The monoisotopic (exact) mass is 418 g/mol. The summed E-state index contributed by atoms with van der Waals surface area (Å²) in [5.74, 6) is 6.12. The van der Waals surface area contributed by atoms with Gasteiger partial charge in [-0.15, -0.1) is 10.2 Å². The maximum atomic E-state index is 12.3. The van der Waals surface area contributed by atoms with E-state index in [1.54, 1.807) is 4.68 Å². The summed E-state index contributed by atoms with van der Waals surface area (Å²) in [6, 6.07) is 6.04. The molecule has 2 aromatic heterocycles. The van der Waals surface area contributed by atoms with E-state index in [1.165, 1.54) is 30.0 Å². The van der Waals surface area contributed by atoms with Crippen molar-refractivity contribution < 1.29 is 14.5 Å². The minimum atomic E-state index is -0.595. The van der Waals surface area contributed by atoms with Crippen molar-refractivity contribution in [1.82, 2.24) is 24.7 Å². The Morgan fingerprint density at radius 1 is 1.34 bits per heavy atom. The van der Waals surface area contributed by atoms with Gasteiger partial charge in [0.15, 0.2) is 0 Å². The van der Waals surface area contributed by atoms with Crippen molar-refractivity contribution >= 4 is 29.0 Å². The second-order valence-corrected chi connectivity index (χ2v) is 6.91. The number of benzene rings is 1. The SMILES string of the molecule is COc1ccc(NC(=O)CSc2nnc(-n3nc(C)cc3C)n2N)c([N+](=O)[O-])c1. The summed E-state index contributed by atoms with van der Waals surface area (Å²) >= 11 is 1.04. The molecule has 0 saturated carbocycles. The predicted molar refractivity (Wildman–Crippen MR) is 106 cm³/mol. The number of aromatic nitrogens is 5. The van der Waals surface area contributed by atoms with Gasteiger partial charge in [0.05, 0.1) is 29.5 Å². The van der Waals surface area contributed by atoms with Crippen molar-refractivity contribution in [3.8, 4) is 11.7 Å². The molecule has 0 unspecified atom stereocenters. The first-order chi connectivity index (χ1) is 13.8. The third-order valence-electron chi connectivity index (χ3n) is 3.85. The fourth-order valence-electron chi connectivity index (χ4n) is 2.56. The fraction of sp³-hybridized carbons (Fsp3) is 0.250. The lowest BCUT2D eigenvalue weighted by Crippen LogP contribution is -2.19. The molecular formula is C16H18N8O4S. The molecule has 0 bridgehead atoms. The molecule has 2 heterocycles. The summed E-state index contributed by atoms with van der Waals surface area (Å²) in [6.45, 7) is 3.70. The number of ether oxygens (including phenoxy) is 1. The normalized spacial score (nSPS) is 10.7. The molecule has 1 amide bonds. The van der Waals surface area contributed by atoms with Gasteiger partial charge >= 0.3 is 0 Å². The van der Waals surface area contributed by atoms with Gasteiger partial charge in [0.2, 0.25) is 11.1 Å². The zero-order valence-electron chi connectivity index (χ0n) is 15.8. The van der Waals surface area contributed by atoms with E-state index < -0.39 is 10.8 Å². The van der Waals surface area contributed by atoms with Crippen LogP contribution in [0.4, 0.5) is 11.4 Å². The molecule has 13 heteroatoms. The van der Waals surface area contributed by atoms with Gasteiger partial charge in [-0.2, -0.15) is 5.10 Å². The molecule has 0 atom stereocenters. The lowest BCUT2D eigenvalue weighted by Gasteiger charge is -2.07. The van der Waals surface area contributed by atoms with Gasteiger partial charge in [-0.05, 0) is 32.0 Å². The lowest BCUT2D eigenvalue weighted by atomic mass is 10.2. The van der Waals surface area contributed by atoms with Gasteiger partial charge in [0.1, 0.15) is 11.4 Å². The zero-order chi connectivity index (χ0) is 21.1. The number of nitrogens with zero attached hydrogens (tertiary/aromatic N) is 6. The molecule has 0 aliphatic carbocycles. The highest BCUT2D eigenvalue weighted by molar-refractivity contribution is 7.99. The molecule has 0 fully saturated rings. The molecule has 0 saturated heterocycles. The summed E-state index contributed by atoms with van der Waals surface area (Å²) in [7, 11) is 1.40. The number of hydrogen-bond donors (Lipinski definition) is 2. The summed E-state index contributed by atoms with van der Waals surface area (Å²) < 4.78 is 7.75. The van der Waals surface area contributed by atoms with Gasteiger partial charge in [-0.1, -0.05) is 11.8 Å².